The van der Waals surface area contributed by atoms with Gasteiger partial charge < -0.3 is 99.2 Å². The van der Waals surface area contributed by atoms with Crippen LogP contribution in [0.4, 0.5) is 0 Å². The van der Waals surface area contributed by atoms with Gasteiger partial charge in [0.05, 0.1) is 19.3 Å². The van der Waals surface area contributed by atoms with E-state index in [0.717, 1.165) is 24.3 Å². The van der Waals surface area contributed by atoms with Crippen LogP contribution in [0, 0.1) is 0 Å². The number of phenols is 3. The largest absolute Gasteiger partial charge is 0.507 e. The van der Waals surface area contributed by atoms with Gasteiger partial charge in [0.15, 0.2) is 23.5 Å². The first-order chi connectivity index (χ1) is 25.5. The van der Waals surface area contributed by atoms with Crippen LogP contribution in [0.3, 0.4) is 0 Å². The summed E-state index contributed by atoms with van der Waals surface area (Å²) >= 11 is 0. The molecule has 1 aromatic heterocycles. The number of benzene rings is 2. The number of aliphatic hydroxyl groups is 10. The number of aliphatic hydroxyl groups excluding tert-OH is 10. The SMILES string of the molecule is C[C@@H]1O[C@H](Oc2cc(O)c3c(=O)c(O[C@@H]4O[C@H](CO[C@@H]5O[C@H](CO)[C@@H](O)[C@H](O)[C@H]5O)[C@@H](O)[C@H](O)[C@H]4O)c(-c4ccc(O)c(O)c4)oc3c2)[C@H](O)[C@H](O)[C@H]1O. The Balaban J connectivity index is 1.33. The van der Waals surface area contributed by atoms with Crippen LogP contribution < -0.4 is 14.9 Å². The first-order valence-electron chi connectivity index (χ1n) is 16.5. The summed E-state index contributed by atoms with van der Waals surface area (Å²) < 4.78 is 39.1. The van der Waals surface area contributed by atoms with Crippen LogP contribution >= 0.6 is 0 Å². The maximum absolute atomic E-state index is 14.1. The van der Waals surface area contributed by atoms with Crippen molar-refractivity contribution in [3.8, 4) is 40.1 Å². The van der Waals surface area contributed by atoms with Crippen LogP contribution in [0.25, 0.3) is 22.3 Å². The van der Waals surface area contributed by atoms with Gasteiger partial charge in [0.25, 0.3) is 0 Å². The van der Waals surface area contributed by atoms with Crippen LogP contribution in [0.2, 0.25) is 0 Å². The number of hydrogen-bond donors (Lipinski definition) is 13. The third kappa shape index (κ3) is 7.39. The number of aromatic hydroxyl groups is 3. The van der Waals surface area contributed by atoms with Crippen molar-refractivity contribution in [1.82, 2.24) is 0 Å². The highest BCUT2D eigenvalue weighted by atomic mass is 16.7. The fraction of sp³-hybridized carbons (Fsp3) is 0.545. The summed E-state index contributed by atoms with van der Waals surface area (Å²) in [6.45, 7) is -0.0771. The summed E-state index contributed by atoms with van der Waals surface area (Å²) in [5, 5.41) is 133. The molecule has 0 saturated carbocycles. The molecule has 13 N–H and O–H groups in total. The van der Waals surface area contributed by atoms with Crippen molar-refractivity contribution >= 4 is 11.0 Å². The lowest BCUT2D eigenvalue weighted by atomic mass is 9.98. The molecule has 0 aliphatic carbocycles. The van der Waals surface area contributed by atoms with Crippen LogP contribution in [-0.2, 0) is 18.9 Å². The van der Waals surface area contributed by atoms with Gasteiger partial charge in [-0.1, -0.05) is 0 Å². The Hall–Kier alpha value is -3.91. The lowest BCUT2D eigenvalue weighted by molar-refractivity contribution is -0.323. The lowest BCUT2D eigenvalue weighted by Gasteiger charge is -2.42. The van der Waals surface area contributed by atoms with Gasteiger partial charge in [0.2, 0.25) is 23.8 Å². The summed E-state index contributed by atoms with van der Waals surface area (Å²) in [5.74, 6) is -3.53. The summed E-state index contributed by atoms with van der Waals surface area (Å²) in [6, 6.07) is 5.24. The van der Waals surface area contributed by atoms with Crippen molar-refractivity contribution in [2.24, 2.45) is 0 Å². The van der Waals surface area contributed by atoms with E-state index in [4.69, 9.17) is 32.8 Å². The first-order valence-corrected chi connectivity index (χ1v) is 16.5. The topological polar surface area (TPSA) is 349 Å². The van der Waals surface area contributed by atoms with Crippen molar-refractivity contribution in [3.63, 3.8) is 0 Å². The minimum absolute atomic E-state index is 0.115. The molecule has 54 heavy (non-hydrogen) atoms. The van der Waals surface area contributed by atoms with Crippen LogP contribution in [0.1, 0.15) is 6.92 Å². The van der Waals surface area contributed by atoms with Gasteiger partial charge in [-0.15, -0.1) is 0 Å². The van der Waals surface area contributed by atoms with E-state index in [2.05, 4.69) is 0 Å². The molecular formula is C33H40O21. The van der Waals surface area contributed by atoms with Gasteiger partial charge in [-0.25, -0.2) is 0 Å². The molecule has 21 nitrogen and oxygen atoms in total. The van der Waals surface area contributed by atoms with E-state index in [1.807, 2.05) is 0 Å². The summed E-state index contributed by atoms with van der Waals surface area (Å²) in [4.78, 5) is 14.1. The molecule has 3 aromatic rings. The molecule has 0 spiro atoms. The standard InChI is InChI=1S/C33H40O21/c1-9-19(38)23(42)27(46)32(49-9)50-11-5-14(37)18-15(6-11)51-29(10-2-3-12(35)13(36)4-10)30(22(18)41)54-33-28(47)25(44)21(40)17(53-33)8-48-31-26(45)24(43)20(39)16(7-34)52-31/h2-6,9,16-17,19-21,23-28,31-40,42-47H,7-8H2,1H3/t9-,16+,17+,19-,20+,21+,23+,24-,25-,26+,27+,28+,31+,32+,33-/m0/s1. The van der Waals surface area contributed by atoms with Crippen molar-refractivity contribution in [2.45, 2.75) is 99.0 Å². The Kier molecular flexibility index (Phi) is 11.5. The van der Waals surface area contributed by atoms with E-state index in [9.17, 15) is 71.2 Å². The van der Waals surface area contributed by atoms with Gasteiger partial charge >= 0.3 is 0 Å². The first kappa shape index (κ1) is 39.8. The van der Waals surface area contributed by atoms with Crippen LogP contribution in [0.15, 0.2) is 39.5 Å². The highest BCUT2D eigenvalue weighted by Crippen LogP contribution is 2.40. The molecule has 3 aliphatic heterocycles. The van der Waals surface area contributed by atoms with E-state index in [-0.39, 0.29) is 16.9 Å². The maximum Gasteiger partial charge on any atom is 0.239 e. The van der Waals surface area contributed by atoms with Crippen molar-refractivity contribution < 1.29 is 99.2 Å². The molecule has 3 fully saturated rings. The minimum Gasteiger partial charge on any atom is -0.507 e. The molecule has 298 valence electrons. The van der Waals surface area contributed by atoms with E-state index in [0.29, 0.717) is 0 Å². The number of phenolic OH excluding ortho intramolecular Hbond substituents is 3. The number of rotatable bonds is 9. The highest BCUT2D eigenvalue weighted by Gasteiger charge is 2.48. The van der Waals surface area contributed by atoms with E-state index >= 15 is 0 Å². The molecule has 4 heterocycles. The zero-order valence-electron chi connectivity index (χ0n) is 28.0. The second kappa shape index (κ2) is 15.7. The van der Waals surface area contributed by atoms with Gasteiger partial charge in [-0.05, 0) is 25.1 Å². The Bertz CT molecular complexity index is 1850. The molecule has 0 bridgehead atoms. The van der Waals surface area contributed by atoms with Crippen molar-refractivity contribution in [1.29, 1.82) is 0 Å². The molecule has 0 amide bonds. The average Bonchev–Trinajstić information content (AvgIpc) is 3.14. The quantitative estimate of drug-likeness (QED) is 0.0917. The average molecular weight is 773 g/mol. The molecule has 0 unspecified atom stereocenters. The second-order valence-electron chi connectivity index (χ2n) is 13.1. The van der Waals surface area contributed by atoms with E-state index in [1.54, 1.807) is 0 Å². The molecular weight excluding hydrogens is 732 g/mol. The molecule has 2 aromatic carbocycles. The second-order valence-corrected chi connectivity index (χ2v) is 13.1. The minimum atomic E-state index is -2.07. The van der Waals surface area contributed by atoms with Crippen molar-refractivity contribution in [3.05, 3.63) is 40.6 Å². The summed E-state index contributed by atoms with van der Waals surface area (Å²) in [6.07, 6.45) is -25.3. The van der Waals surface area contributed by atoms with Gasteiger partial charge in [-0.2, -0.15) is 0 Å². The molecule has 3 aliphatic rings. The molecule has 6 rings (SSSR count). The Morgan fingerprint density at radius 2 is 1.22 bits per heavy atom. The Morgan fingerprint density at radius 1 is 0.630 bits per heavy atom. The summed E-state index contributed by atoms with van der Waals surface area (Å²) in [7, 11) is 0. The Morgan fingerprint density at radius 3 is 1.87 bits per heavy atom. The predicted molar refractivity (Wildman–Crippen MR) is 173 cm³/mol. The van der Waals surface area contributed by atoms with Crippen LogP contribution in [0.5, 0.6) is 28.7 Å². The predicted octanol–water partition coefficient (Wildman–Crippen LogP) is -4.21. The van der Waals surface area contributed by atoms with E-state index in [1.165, 1.54) is 13.0 Å². The summed E-state index contributed by atoms with van der Waals surface area (Å²) in [5.41, 5.74) is -1.61. The fourth-order valence-corrected chi connectivity index (χ4v) is 6.19. The zero-order chi connectivity index (χ0) is 39.3. The maximum atomic E-state index is 14.1. The van der Waals surface area contributed by atoms with Crippen LogP contribution in [-0.4, -0.2) is 172 Å². The zero-order valence-corrected chi connectivity index (χ0v) is 28.0. The number of fused-ring (bicyclic) bond motifs is 1. The van der Waals surface area contributed by atoms with Gasteiger partial charge in [0, 0.05) is 17.7 Å². The third-order valence-corrected chi connectivity index (χ3v) is 9.38. The molecule has 15 atom stereocenters. The van der Waals surface area contributed by atoms with E-state index < -0.39 is 145 Å². The highest BCUT2D eigenvalue weighted by molar-refractivity contribution is 5.88. The van der Waals surface area contributed by atoms with Crippen molar-refractivity contribution in [2.75, 3.05) is 13.2 Å². The molecule has 21 heteroatoms. The smallest absolute Gasteiger partial charge is 0.239 e. The Labute approximate surface area is 303 Å². The third-order valence-electron chi connectivity index (χ3n) is 9.38. The van der Waals surface area contributed by atoms with Gasteiger partial charge in [0.1, 0.15) is 89.6 Å². The number of hydrogen-bond acceptors (Lipinski definition) is 21. The monoisotopic (exact) mass is 772 g/mol. The lowest BCUT2D eigenvalue weighted by Crippen LogP contribution is -2.62. The fourth-order valence-electron chi connectivity index (χ4n) is 6.19. The molecule has 3 saturated heterocycles. The normalized spacial score (nSPS) is 37.3. The number of ether oxygens (including phenoxy) is 6. The van der Waals surface area contributed by atoms with Gasteiger partial charge in [-0.3, -0.25) is 4.79 Å². The molecule has 0 radical (unpaired) electrons.